The van der Waals surface area contributed by atoms with Crippen molar-refractivity contribution in [1.29, 1.82) is 0 Å². The summed E-state index contributed by atoms with van der Waals surface area (Å²) in [5.74, 6) is 1.33. The summed E-state index contributed by atoms with van der Waals surface area (Å²) < 4.78 is 10.6. The molecule has 1 rings (SSSR count). The Kier molecular flexibility index (Phi) is 4.79. The van der Waals surface area contributed by atoms with Crippen LogP contribution in [0, 0.1) is 0 Å². The van der Waals surface area contributed by atoms with Crippen molar-refractivity contribution in [1.82, 2.24) is 0 Å². The smallest absolute Gasteiger partial charge is 0.161 e. The molecule has 0 aliphatic heterocycles. The third-order valence-corrected chi connectivity index (χ3v) is 2.27. The van der Waals surface area contributed by atoms with Crippen molar-refractivity contribution in [2.24, 2.45) is 5.73 Å². The molecule has 0 saturated heterocycles. The maximum absolute atomic E-state index is 10.4. The van der Waals surface area contributed by atoms with E-state index in [1.165, 1.54) is 0 Å². The van der Waals surface area contributed by atoms with E-state index in [-0.39, 0.29) is 6.04 Å². The molecule has 1 unspecified atom stereocenters. The molecule has 0 bridgehead atoms. The van der Waals surface area contributed by atoms with Crippen LogP contribution >= 0.6 is 0 Å². The Labute approximate surface area is 95.3 Å². The molecule has 4 nitrogen and oxygen atoms in total. The van der Waals surface area contributed by atoms with Crippen molar-refractivity contribution in [3.8, 4) is 11.5 Å². The van der Waals surface area contributed by atoms with Crippen molar-refractivity contribution < 1.29 is 14.3 Å². The summed E-state index contributed by atoms with van der Waals surface area (Å²) in [4.78, 5) is 10.4. The van der Waals surface area contributed by atoms with Gasteiger partial charge in [0.05, 0.1) is 13.7 Å². The minimum Gasteiger partial charge on any atom is -0.493 e. The first kappa shape index (κ1) is 12.5. The van der Waals surface area contributed by atoms with E-state index in [9.17, 15) is 4.79 Å². The standard InChI is InChI=1S/C12H17NO3/c1-3-16-12-8-9(10(13)6-7-14)4-5-11(12)15-2/h4-5,7-8,10H,3,6,13H2,1-2H3. The topological polar surface area (TPSA) is 61.5 Å². The number of aldehydes is 1. The number of carbonyl (C=O) groups excluding carboxylic acids is 1. The molecule has 0 spiro atoms. The average Bonchev–Trinajstić information content (AvgIpc) is 2.29. The zero-order chi connectivity index (χ0) is 12.0. The molecule has 0 radical (unpaired) electrons. The highest BCUT2D eigenvalue weighted by molar-refractivity contribution is 5.52. The molecule has 2 N–H and O–H groups in total. The number of benzene rings is 1. The molecule has 1 atom stereocenters. The fourth-order valence-electron chi connectivity index (χ4n) is 1.43. The van der Waals surface area contributed by atoms with Crippen LogP contribution < -0.4 is 15.2 Å². The first-order valence-corrected chi connectivity index (χ1v) is 5.22. The summed E-state index contributed by atoms with van der Waals surface area (Å²) in [6, 6.07) is 5.17. The van der Waals surface area contributed by atoms with E-state index in [1.807, 2.05) is 19.1 Å². The number of ether oxygens (including phenoxy) is 2. The van der Waals surface area contributed by atoms with Gasteiger partial charge in [-0.2, -0.15) is 0 Å². The summed E-state index contributed by atoms with van der Waals surface area (Å²) in [5, 5.41) is 0. The molecule has 0 heterocycles. The lowest BCUT2D eigenvalue weighted by atomic mass is 10.0. The van der Waals surface area contributed by atoms with Gasteiger partial charge in [-0.3, -0.25) is 0 Å². The second-order valence-corrected chi connectivity index (χ2v) is 3.35. The van der Waals surface area contributed by atoms with Crippen LogP contribution in [0.1, 0.15) is 24.9 Å². The number of nitrogens with two attached hydrogens (primary N) is 1. The first-order valence-electron chi connectivity index (χ1n) is 5.22. The molecule has 88 valence electrons. The highest BCUT2D eigenvalue weighted by Gasteiger charge is 2.10. The zero-order valence-corrected chi connectivity index (χ0v) is 9.60. The van der Waals surface area contributed by atoms with Crippen LogP contribution in [0.4, 0.5) is 0 Å². The number of carbonyl (C=O) groups is 1. The van der Waals surface area contributed by atoms with Crippen LogP contribution in [-0.2, 0) is 4.79 Å². The van der Waals surface area contributed by atoms with E-state index in [4.69, 9.17) is 15.2 Å². The molecule has 0 aliphatic carbocycles. The fraction of sp³-hybridized carbons (Fsp3) is 0.417. The second kappa shape index (κ2) is 6.12. The molecule has 0 amide bonds. The van der Waals surface area contributed by atoms with Crippen molar-refractivity contribution in [3.63, 3.8) is 0 Å². The summed E-state index contributed by atoms with van der Waals surface area (Å²) in [5.41, 5.74) is 6.71. The van der Waals surface area contributed by atoms with Gasteiger partial charge in [-0.15, -0.1) is 0 Å². The van der Waals surface area contributed by atoms with Crippen molar-refractivity contribution in [2.75, 3.05) is 13.7 Å². The third kappa shape index (κ3) is 2.97. The van der Waals surface area contributed by atoms with E-state index in [0.29, 0.717) is 24.5 Å². The Morgan fingerprint density at radius 3 is 2.75 bits per heavy atom. The van der Waals surface area contributed by atoms with Gasteiger partial charge < -0.3 is 20.0 Å². The maximum atomic E-state index is 10.4. The molecule has 0 aromatic heterocycles. The number of hydrogen-bond donors (Lipinski definition) is 1. The maximum Gasteiger partial charge on any atom is 0.161 e. The van der Waals surface area contributed by atoms with Crippen LogP contribution in [0.3, 0.4) is 0 Å². The summed E-state index contributed by atoms with van der Waals surface area (Å²) in [6.45, 7) is 2.46. The predicted molar refractivity (Wildman–Crippen MR) is 61.8 cm³/mol. The van der Waals surface area contributed by atoms with Crippen molar-refractivity contribution >= 4 is 6.29 Å². The normalized spacial score (nSPS) is 11.9. The highest BCUT2D eigenvalue weighted by Crippen LogP contribution is 2.30. The summed E-state index contributed by atoms with van der Waals surface area (Å²) in [7, 11) is 1.59. The minimum absolute atomic E-state index is 0.289. The monoisotopic (exact) mass is 223 g/mol. The SMILES string of the molecule is CCOc1cc(C(N)CC=O)ccc1OC. The van der Waals surface area contributed by atoms with Crippen LogP contribution in [0.25, 0.3) is 0 Å². The van der Waals surface area contributed by atoms with Gasteiger partial charge in [0, 0.05) is 12.5 Å². The Hall–Kier alpha value is -1.55. The summed E-state index contributed by atoms with van der Waals surface area (Å²) >= 11 is 0. The van der Waals surface area contributed by atoms with E-state index < -0.39 is 0 Å². The molecule has 0 saturated carbocycles. The van der Waals surface area contributed by atoms with Gasteiger partial charge >= 0.3 is 0 Å². The molecule has 0 aliphatic rings. The lowest BCUT2D eigenvalue weighted by Crippen LogP contribution is -2.11. The Balaban J connectivity index is 2.96. The van der Waals surface area contributed by atoms with Crippen LogP contribution in [0.2, 0.25) is 0 Å². The van der Waals surface area contributed by atoms with E-state index >= 15 is 0 Å². The number of rotatable bonds is 6. The number of hydrogen-bond acceptors (Lipinski definition) is 4. The van der Waals surface area contributed by atoms with Gasteiger partial charge in [0.15, 0.2) is 11.5 Å². The first-order chi connectivity index (χ1) is 7.72. The fourth-order valence-corrected chi connectivity index (χ4v) is 1.43. The Morgan fingerprint density at radius 2 is 2.19 bits per heavy atom. The predicted octanol–water partition coefficient (Wildman–Crippen LogP) is 1.68. The van der Waals surface area contributed by atoms with Gasteiger partial charge in [0.2, 0.25) is 0 Å². The van der Waals surface area contributed by atoms with Gasteiger partial charge in [-0.25, -0.2) is 0 Å². The third-order valence-electron chi connectivity index (χ3n) is 2.27. The average molecular weight is 223 g/mol. The number of methoxy groups -OCH3 is 1. The highest BCUT2D eigenvalue weighted by atomic mass is 16.5. The van der Waals surface area contributed by atoms with E-state index in [0.717, 1.165) is 11.8 Å². The Bertz CT molecular complexity index is 352. The molecule has 4 heteroatoms. The van der Waals surface area contributed by atoms with Gasteiger partial charge in [0.25, 0.3) is 0 Å². The minimum atomic E-state index is -0.289. The Morgan fingerprint density at radius 1 is 1.44 bits per heavy atom. The second-order valence-electron chi connectivity index (χ2n) is 3.35. The lowest BCUT2D eigenvalue weighted by Gasteiger charge is -2.13. The van der Waals surface area contributed by atoms with Crippen LogP contribution in [-0.4, -0.2) is 20.0 Å². The van der Waals surface area contributed by atoms with Gasteiger partial charge in [-0.05, 0) is 24.6 Å². The van der Waals surface area contributed by atoms with Gasteiger partial charge in [0.1, 0.15) is 6.29 Å². The molecule has 16 heavy (non-hydrogen) atoms. The molecule has 0 fully saturated rings. The van der Waals surface area contributed by atoms with Gasteiger partial charge in [-0.1, -0.05) is 6.07 Å². The largest absolute Gasteiger partial charge is 0.493 e. The van der Waals surface area contributed by atoms with Crippen LogP contribution in [0.5, 0.6) is 11.5 Å². The lowest BCUT2D eigenvalue weighted by molar-refractivity contribution is -0.108. The van der Waals surface area contributed by atoms with Crippen LogP contribution in [0.15, 0.2) is 18.2 Å². The zero-order valence-electron chi connectivity index (χ0n) is 9.60. The molecule has 1 aromatic carbocycles. The quantitative estimate of drug-likeness (QED) is 0.745. The van der Waals surface area contributed by atoms with E-state index in [1.54, 1.807) is 13.2 Å². The summed E-state index contributed by atoms with van der Waals surface area (Å²) in [6.07, 6.45) is 1.12. The molecular weight excluding hydrogens is 206 g/mol. The van der Waals surface area contributed by atoms with Crippen molar-refractivity contribution in [3.05, 3.63) is 23.8 Å². The van der Waals surface area contributed by atoms with Crippen molar-refractivity contribution in [2.45, 2.75) is 19.4 Å². The molecule has 1 aromatic rings. The van der Waals surface area contributed by atoms with E-state index in [2.05, 4.69) is 0 Å². The molecular formula is C12H17NO3.